The summed E-state index contributed by atoms with van der Waals surface area (Å²) in [5.41, 5.74) is 2.02. The van der Waals surface area contributed by atoms with Crippen molar-refractivity contribution in [1.29, 1.82) is 0 Å². The minimum Gasteiger partial charge on any atom is -0.465 e. The van der Waals surface area contributed by atoms with Gasteiger partial charge in [0.05, 0.1) is 30.5 Å². The van der Waals surface area contributed by atoms with Gasteiger partial charge in [-0.1, -0.05) is 0 Å². The molecule has 1 aliphatic rings. The highest BCUT2D eigenvalue weighted by atomic mass is 16.5. The lowest BCUT2D eigenvalue weighted by Crippen LogP contribution is -2.31. The van der Waals surface area contributed by atoms with E-state index >= 15 is 0 Å². The third-order valence-electron chi connectivity index (χ3n) is 5.12. The number of hydrogen-bond donors (Lipinski definition) is 2. The van der Waals surface area contributed by atoms with Crippen LogP contribution in [-0.2, 0) is 16.0 Å². The van der Waals surface area contributed by atoms with Crippen LogP contribution in [0.5, 0.6) is 0 Å². The monoisotopic (exact) mass is 398 g/mol. The average molecular weight is 398 g/mol. The highest BCUT2D eigenvalue weighted by Crippen LogP contribution is 2.26. The van der Waals surface area contributed by atoms with E-state index in [0.717, 1.165) is 31.7 Å². The predicted molar refractivity (Wildman–Crippen MR) is 110 cm³/mol. The molecule has 3 rings (SSSR count). The fourth-order valence-electron chi connectivity index (χ4n) is 3.73. The Morgan fingerprint density at radius 1 is 1.24 bits per heavy atom. The highest BCUT2D eigenvalue weighted by molar-refractivity contribution is 6.02. The molecule has 1 saturated heterocycles. The molecule has 8 heteroatoms. The van der Waals surface area contributed by atoms with Gasteiger partial charge in [-0.25, -0.2) is 9.78 Å². The first-order valence-corrected chi connectivity index (χ1v) is 9.73. The Morgan fingerprint density at radius 3 is 2.62 bits per heavy atom. The third-order valence-corrected chi connectivity index (χ3v) is 5.12. The van der Waals surface area contributed by atoms with Crippen molar-refractivity contribution in [2.75, 3.05) is 30.4 Å². The van der Waals surface area contributed by atoms with Crippen molar-refractivity contribution in [3.63, 3.8) is 0 Å². The molecule has 8 nitrogen and oxygen atoms in total. The van der Waals surface area contributed by atoms with Crippen LogP contribution in [0.25, 0.3) is 0 Å². The van der Waals surface area contributed by atoms with Gasteiger partial charge in [-0.3, -0.25) is 9.59 Å². The summed E-state index contributed by atoms with van der Waals surface area (Å²) in [5.74, 6) is -0.345. The van der Waals surface area contributed by atoms with Gasteiger partial charge in [0.2, 0.25) is 5.91 Å². The number of aromatic nitrogens is 2. The molecule has 0 saturated carbocycles. The van der Waals surface area contributed by atoms with Gasteiger partial charge in [0.15, 0.2) is 11.6 Å². The molecule has 0 spiro atoms. The van der Waals surface area contributed by atoms with Gasteiger partial charge in [0.25, 0.3) is 0 Å². The van der Waals surface area contributed by atoms with Gasteiger partial charge in [-0.15, -0.1) is 0 Å². The van der Waals surface area contributed by atoms with E-state index in [4.69, 9.17) is 4.74 Å². The number of rotatable bonds is 6. The van der Waals surface area contributed by atoms with Crippen LogP contribution >= 0.6 is 0 Å². The fourth-order valence-corrected chi connectivity index (χ4v) is 3.73. The molecular weight excluding hydrogens is 372 g/mol. The SMILES string of the molecule is COC(=O)c1c(CC(=O)Nc2cccnc2N2CCCCC2)[nH]c(C(C)=O)c1C. The van der Waals surface area contributed by atoms with Crippen molar-refractivity contribution in [3.05, 3.63) is 40.8 Å². The van der Waals surface area contributed by atoms with Gasteiger partial charge < -0.3 is 19.9 Å². The Kier molecular flexibility index (Phi) is 6.31. The van der Waals surface area contributed by atoms with Gasteiger partial charge in [-0.2, -0.15) is 0 Å². The Balaban J connectivity index is 1.83. The topological polar surface area (TPSA) is 104 Å². The van der Waals surface area contributed by atoms with Crippen LogP contribution in [0.3, 0.4) is 0 Å². The lowest BCUT2D eigenvalue weighted by Gasteiger charge is -2.29. The molecule has 2 aromatic heterocycles. The fraction of sp³-hybridized carbons (Fsp3) is 0.429. The number of ketones is 1. The molecule has 154 valence electrons. The summed E-state index contributed by atoms with van der Waals surface area (Å²) in [6.07, 6.45) is 5.02. The maximum atomic E-state index is 12.8. The number of methoxy groups -OCH3 is 1. The number of Topliss-reactive ketones (excluding diaryl/α,β-unsaturated/α-hetero) is 1. The Labute approximate surface area is 169 Å². The molecule has 0 aliphatic carbocycles. The number of H-pyrrole nitrogens is 1. The first-order valence-electron chi connectivity index (χ1n) is 9.73. The number of aromatic amines is 1. The number of esters is 1. The second kappa shape index (κ2) is 8.89. The number of ether oxygens (including phenoxy) is 1. The lowest BCUT2D eigenvalue weighted by atomic mass is 10.1. The smallest absolute Gasteiger partial charge is 0.339 e. The van der Waals surface area contributed by atoms with E-state index < -0.39 is 5.97 Å². The van der Waals surface area contributed by atoms with Gasteiger partial charge in [0.1, 0.15) is 0 Å². The minimum atomic E-state index is -0.579. The first kappa shape index (κ1) is 20.6. The number of piperidine rings is 1. The van der Waals surface area contributed by atoms with Crippen molar-refractivity contribution in [2.24, 2.45) is 0 Å². The Hall–Kier alpha value is -3.16. The van der Waals surface area contributed by atoms with Gasteiger partial charge >= 0.3 is 5.97 Å². The molecule has 0 aromatic carbocycles. The molecule has 29 heavy (non-hydrogen) atoms. The number of anilines is 2. The number of nitrogens with one attached hydrogen (secondary N) is 2. The summed E-state index contributed by atoms with van der Waals surface area (Å²) in [6.45, 7) is 4.88. The summed E-state index contributed by atoms with van der Waals surface area (Å²) in [5, 5.41) is 2.90. The maximum absolute atomic E-state index is 12.8. The molecular formula is C21H26N4O4. The van der Waals surface area contributed by atoms with Crippen LogP contribution in [0, 0.1) is 6.92 Å². The van der Waals surface area contributed by atoms with Crippen LogP contribution < -0.4 is 10.2 Å². The van der Waals surface area contributed by atoms with Crippen molar-refractivity contribution in [1.82, 2.24) is 9.97 Å². The predicted octanol–water partition coefficient (Wildman–Crippen LogP) is 2.88. The normalized spacial score (nSPS) is 13.8. The summed E-state index contributed by atoms with van der Waals surface area (Å²) in [7, 11) is 1.27. The lowest BCUT2D eigenvalue weighted by molar-refractivity contribution is -0.115. The van der Waals surface area contributed by atoms with Gasteiger partial charge in [0, 0.05) is 31.9 Å². The van der Waals surface area contributed by atoms with E-state index in [-0.39, 0.29) is 23.7 Å². The first-order chi connectivity index (χ1) is 13.9. The number of nitrogens with zero attached hydrogens (tertiary/aromatic N) is 2. The van der Waals surface area contributed by atoms with Crippen molar-refractivity contribution >= 4 is 29.2 Å². The summed E-state index contributed by atoms with van der Waals surface area (Å²) >= 11 is 0. The zero-order valence-corrected chi connectivity index (χ0v) is 17.0. The Morgan fingerprint density at radius 2 is 1.97 bits per heavy atom. The molecule has 0 radical (unpaired) electrons. The van der Waals surface area contributed by atoms with Crippen LogP contribution in [0.1, 0.15) is 58.3 Å². The van der Waals surface area contributed by atoms with Crippen LogP contribution in [0.15, 0.2) is 18.3 Å². The average Bonchev–Trinajstić information content (AvgIpc) is 3.04. The maximum Gasteiger partial charge on any atom is 0.339 e. The molecule has 0 atom stereocenters. The second-order valence-electron chi connectivity index (χ2n) is 7.17. The van der Waals surface area contributed by atoms with Crippen molar-refractivity contribution < 1.29 is 19.1 Å². The van der Waals surface area contributed by atoms with Crippen LogP contribution in [0.2, 0.25) is 0 Å². The molecule has 2 N–H and O–H groups in total. The van der Waals surface area contributed by atoms with E-state index in [0.29, 0.717) is 22.6 Å². The van der Waals surface area contributed by atoms with Crippen LogP contribution in [-0.4, -0.2) is 47.8 Å². The molecule has 0 bridgehead atoms. The standard InChI is InChI=1S/C21H26N4O4/c1-13-18(21(28)29-3)16(24-19(13)14(2)26)12-17(27)23-15-8-7-9-22-20(15)25-10-5-4-6-11-25/h7-9,24H,4-6,10-12H2,1-3H3,(H,23,27). The largest absolute Gasteiger partial charge is 0.465 e. The molecule has 0 unspecified atom stereocenters. The minimum absolute atomic E-state index is 0.0904. The third kappa shape index (κ3) is 4.47. The molecule has 1 fully saturated rings. The van der Waals surface area contributed by atoms with E-state index in [1.165, 1.54) is 20.5 Å². The summed E-state index contributed by atoms with van der Waals surface area (Å²) < 4.78 is 4.83. The quantitative estimate of drug-likeness (QED) is 0.573. The number of hydrogen-bond acceptors (Lipinski definition) is 6. The van der Waals surface area contributed by atoms with Gasteiger partial charge in [-0.05, 0) is 43.9 Å². The number of amides is 1. The number of carbonyl (C=O) groups is 3. The van der Waals surface area contributed by atoms with E-state index in [1.807, 2.05) is 6.07 Å². The van der Waals surface area contributed by atoms with Crippen LogP contribution in [0.4, 0.5) is 11.5 Å². The number of pyridine rings is 1. The molecule has 3 heterocycles. The summed E-state index contributed by atoms with van der Waals surface area (Å²) in [6, 6.07) is 3.59. The zero-order valence-electron chi connectivity index (χ0n) is 17.0. The Bertz CT molecular complexity index is 929. The molecule has 1 aliphatic heterocycles. The van der Waals surface area contributed by atoms with E-state index in [1.54, 1.807) is 19.2 Å². The van der Waals surface area contributed by atoms with E-state index in [9.17, 15) is 14.4 Å². The van der Waals surface area contributed by atoms with Crippen molar-refractivity contribution in [2.45, 2.75) is 39.5 Å². The van der Waals surface area contributed by atoms with Crippen molar-refractivity contribution in [3.8, 4) is 0 Å². The summed E-state index contributed by atoms with van der Waals surface area (Å²) in [4.78, 5) is 46.3. The molecule has 2 aromatic rings. The zero-order chi connectivity index (χ0) is 21.0. The molecule has 1 amide bonds. The number of carbonyl (C=O) groups excluding carboxylic acids is 3. The van der Waals surface area contributed by atoms with E-state index in [2.05, 4.69) is 20.2 Å². The second-order valence-corrected chi connectivity index (χ2v) is 7.17. The highest BCUT2D eigenvalue weighted by Gasteiger charge is 2.25.